The quantitative estimate of drug-likeness (QED) is 0.602. The van der Waals surface area contributed by atoms with Crippen LogP contribution < -0.4 is 11.1 Å². The first kappa shape index (κ1) is 11.4. The molecule has 1 aromatic heterocycles. The van der Waals surface area contributed by atoms with Gasteiger partial charge in [-0.1, -0.05) is 18.2 Å². The lowest BCUT2D eigenvalue weighted by Crippen LogP contribution is -2.32. The number of nitrogens with zero attached hydrogens (tertiary/aromatic N) is 3. The molecule has 0 saturated heterocycles. The van der Waals surface area contributed by atoms with E-state index in [-0.39, 0.29) is 0 Å². The van der Waals surface area contributed by atoms with Crippen molar-refractivity contribution in [3.63, 3.8) is 0 Å². The van der Waals surface area contributed by atoms with Crippen molar-refractivity contribution in [2.45, 2.75) is 6.42 Å². The summed E-state index contributed by atoms with van der Waals surface area (Å²) in [6.45, 7) is 0.740. The van der Waals surface area contributed by atoms with Crippen LogP contribution in [0.2, 0.25) is 0 Å². The first-order valence-electron chi connectivity index (χ1n) is 5.59. The molecule has 0 unspecified atom stereocenters. The lowest BCUT2D eigenvalue weighted by Gasteiger charge is -2.02. The van der Waals surface area contributed by atoms with E-state index < -0.39 is 0 Å². The molecule has 17 heavy (non-hydrogen) atoms. The average Bonchev–Trinajstić information content (AvgIpc) is 2.67. The number of nitrogens with one attached hydrogen (secondary N) is 1. The van der Waals surface area contributed by atoms with E-state index in [9.17, 15) is 0 Å². The van der Waals surface area contributed by atoms with Crippen LogP contribution in [0.25, 0.3) is 10.9 Å². The summed E-state index contributed by atoms with van der Waals surface area (Å²) in [7, 11) is 3.62. The third-order valence-electron chi connectivity index (χ3n) is 2.74. The zero-order valence-corrected chi connectivity index (χ0v) is 10.1. The highest BCUT2D eigenvalue weighted by Gasteiger charge is 2.06. The smallest absolute Gasteiger partial charge is 0.188 e. The van der Waals surface area contributed by atoms with Crippen LogP contribution in [-0.4, -0.2) is 29.3 Å². The third kappa shape index (κ3) is 2.38. The molecule has 0 aliphatic rings. The van der Waals surface area contributed by atoms with Gasteiger partial charge in [0.15, 0.2) is 5.96 Å². The zero-order valence-electron chi connectivity index (χ0n) is 10.1. The van der Waals surface area contributed by atoms with Gasteiger partial charge in [-0.25, -0.2) is 0 Å². The number of rotatable bonds is 3. The van der Waals surface area contributed by atoms with Gasteiger partial charge in [-0.3, -0.25) is 9.67 Å². The van der Waals surface area contributed by atoms with Crippen molar-refractivity contribution in [1.29, 1.82) is 0 Å². The number of aryl methyl sites for hydroxylation is 1. The van der Waals surface area contributed by atoms with Gasteiger partial charge < -0.3 is 11.1 Å². The molecule has 90 valence electrons. The fraction of sp³-hybridized carbons (Fsp3) is 0.333. The van der Waals surface area contributed by atoms with E-state index in [2.05, 4.69) is 27.5 Å². The van der Waals surface area contributed by atoms with Crippen molar-refractivity contribution in [3.8, 4) is 0 Å². The fourth-order valence-corrected chi connectivity index (χ4v) is 1.86. The number of hydrogen-bond acceptors (Lipinski definition) is 2. The maximum atomic E-state index is 5.57. The monoisotopic (exact) mass is 231 g/mol. The molecule has 0 aliphatic carbocycles. The molecule has 3 N–H and O–H groups in total. The van der Waals surface area contributed by atoms with E-state index in [4.69, 9.17) is 5.73 Å². The minimum absolute atomic E-state index is 0.463. The van der Waals surface area contributed by atoms with Crippen molar-refractivity contribution in [3.05, 3.63) is 30.0 Å². The summed E-state index contributed by atoms with van der Waals surface area (Å²) in [5.41, 5.74) is 7.80. The van der Waals surface area contributed by atoms with Gasteiger partial charge >= 0.3 is 0 Å². The summed E-state index contributed by atoms with van der Waals surface area (Å²) >= 11 is 0. The molecule has 0 bridgehead atoms. The molecule has 5 nitrogen and oxygen atoms in total. The number of para-hydroxylation sites is 1. The number of benzene rings is 1. The minimum atomic E-state index is 0.463. The second-order valence-corrected chi connectivity index (χ2v) is 3.87. The molecule has 0 fully saturated rings. The third-order valence-corrected chi connectivity index (χ3v) is 2.74. The molecule has 5 heteroatoms. The Labute approximate surface area is 100 Å². The van der Waals surface area contributed by atoms with Gasteiger partial charge in [0.25, 0.3) is 0 Å². The molecule has 1 aromatic carbocycles. The van der Waals surface area contributed by atoms with Crippen molar-refractivity contribution >= 4 is 16.9 Å². The highest BCUT2D eigenvalue weighted by Crippen LogP contribution is 2.17. The second-order valence-electron chi connectivity index (χ2n) is 3.87. The second kappa shape index (κ2) is 4.86. The molecule has 2 aromatic rings. The number of hydrogen-bond donors (Lipinski definition) is 2. The molecule has 0 spiro atoms. The first-order chi connectivity index (χ1) is 8.22. The van der Waals surface area contributed by atoms with Crippen LogP contribution in [0.3, 0.4) is 0 Å². The molecule has 1 heterocycles. The van der Waals surface area contributed by atoms with E-state index in [0.29, 0.717) is 5.96 Å². The Bertz CT molecular complexity index is 541. The Balaban J connectivity index is 2.14. The van der Waals surface area contributed by atoms with Crippen LogP contribution in [0.4, 0.5) is 0 Å². The SMILES string of the molecule is CN=C(N)NCCc1nn(C)c2ccccc12. The molecular formula is C12H17N5. The molecule has 0 radical (unpaired) electrons. The zero-order chi connectivity index (χ0) is 12.3. The van der Waals surface area contributed by atoms with Crippen LogP contribution in [0, 0.1) is 0 Å². The van der Waals surface area contributed by atoms with Crippen molar-refractivity contribution in [1.82, 2.24) is 15.1 Å². The van der Waals surface area contributed by atoms with E-state index in [0.717, 1.165) is 24.2 Å². The lowest BCUT2D eigenvalue weighted by atomic mass is 10.2. The Hall–Kier alpha value is -2.04. The number of guanidine groups is 1. The largest absolute Gasteiger partial charge is 0.370 e. The first-order valence-corrected chi connectivity index (χ1v) is 5.59. The van der Waals surface area contributed by atoms with Gasteiger partial charge in [-0.05, 0) is 6.07 Å². The number of aliphatic imine (C=N–C) groups is 1. The summed E-state index contributed by atoms with van der Waals surface area (Å²) in [5.74, 6) is 0.463. The Morgan fingerprint density at radius 2 is 2.24 bits per heavy atom. The van der Waals surface area contributed by atoms with Crippen molar-refractivity contribution < 1.29 is 0 Å². The van der Waals surface area contributed by atoms with E-state index in [1.54, 1.807) is 7.05 Å². The van der Waals surface area contributed by atoms with Gasteiger partial charge in [0.05, 0.1) is 11.2 Å². The van der Waals surface area contributed by atoms with Crippen LogP contribution in [-0.2, 0) is 13.5 Å². The van der Waals surface area contributed by atoms with Gasteiger partial charge in [0, 0.05) is 32.4 Å². The number of nitrogens with two attached hydrogens (primary N) is 1. The topological polar surface area (TPSA) is 68.2 Å². The molecule has 2 rings (SSSR count). The highest BCUT2D eigenvalue weighted by atomic mass is 15.3. The van der Waals surface area contributed by atoms with Crippen molar-refractivity contribution in [2.75, 3.05) is 13.6 Å². The predicted octanol–water partition coefficient (Wildman–Crippen LogP) is 0.650. The van der Waals surface area contributed by atoms with Crippen LogP contribution in [0.1, 0.15) is 5.69 Å². The summed E-state index contributed by atoms with van der Waals surface area (Å²) < 4.78 is 1.90. The Morgan fingerprint density at radius 1 is 1.47 bits per heavy atom. The van der Waals surface area contributed by atoms with Gasteiger partial charge in [-0.2, -0.15) is 5.10 Å². The summed E-state index contributed by atoms with van der Waals surface area (Å²) in [4.78, 5) is 3.84. The maximum Gasteiger partial charge on any atom is 0.188 e. The van der Waals surface area contributed by atoms with Gasteiger partial charge in [-0.15, -0.1) is 0 Å². The summed E-state index contributed by atoms with van der Waals surface area (Å²) in [6.07, 6.45) is 0.831. The number of aromatic nitrogens is 2. The Morgan fingerprint density at radius 3 is 3.00 bits per heavy atom. The van der Waals surface area contributed by atoms with Crippen LogP contribution in [0.5, 0.6) is 0 Å². The van der Waals surface area contributed by atoms with E-state index in [1.165, 1.54) is 5.39 Å². The molecule has 0 saturated carbocycles. The molecule has 0 atom stereocenters. The average molecular weight is 231 g/mol. The summed E-state index contributed by atoms with van der Waals surface area (Å²) in [6, 6.07) is 8.21. The normalized spacial score (nSPS) is 12.0. The van der Waals surface area contributed by atoms with Crippen LogP contribution >= 0.6 is 0 Å². The highest BCUT2D eigenvalue weighted by molar-refractivity contribution is 5.82. The lowest BCUT2D eigenvalue weighted by molar-refractivity contribution is 0.748. The summed E-state index contributed by atoms with van der Waals surface area (Å²) in [5, 5.41) is 8.74. The van der Waals surface area contributed by atoms with E-state index >= 15 is 0 Å². The maximum absolute atomic E-state index is 5.57. The molecular weight excluding hydrogens is 214 g/mol. The number of fused-ring (bicyclic) bond motifs is 1. The molecule has 0 amide bonds. The fourth-order valence-electron chi connectivity index (χ4n) is 1.86. The van der Waals surface area contributed by atoms with Crippen LogP contribution in [0.15, 0.2) is 29.3 Å². The predicted molar refractivity (Wildman–Crippen MR) is 70.0 cm³/mol. The minimum Gasteiger partial charge on any atom is -0.370 e. The molecule has 0 aliphatic heterocycles. The standard InChI is InChI=1S/C12H17N5/c1-14-12(13)15-8-7-10-9-5-3-4-6-11(9)17(2)16-10/h3-6H,7-8H2,1-2H3,(H3,13,14,15). The van der Waals surface area contributed by atoms with Crippen molar-refractivity contribution in [2.24, 2.45) is 17.8 Å². The van der Waals surface area contributed by atoms with E-state index in [1.807, 2.05) is 23.9 Å². The van der Waals surface area contributed by atoms with Gasteiger partial charge in [0.1, 0.15) is 0 Å². The Kier molecular flexibility index (Phi) is 3.27. The van der Waals surface area contributed by atoms with Gasteiger partial charge in [0.2, 0.25) is 0 Å².